The molecule has 2 rings (SSSR count). The molecule has 0 bridgehead atoms. The number of halogens is 3. The zero-order chi connectivity index (χ0) is 14.8. The lowest BCUT2D eigenvalue weighted by atomic mass is 10.2. The van der Waals surface area contributed by atoms with Gasteiger partial charge in [0.05, 0.1) is 21.3 Å². The fourth-order valence-electron chi connectivity index (χ4n) is 1.48. The minimum atomic E-state index is -4.48. The van der Waals surface area contributed by atoms with Crippen molar-refractivity contribution in [1.82, 2.24) is 4.98 Å². The highest BCUT2D eigenvalue weighted by molar-refractivity contribution is 7.85. The molecule has 0 aliphatic heterocycles. The van der Waals surface area contributed by atoms with Crippen molar-refractivity contribution in [2.24, 2.45) is 0 Å². The van der Waals surface area contributed by atoms with Gasteiger partial charge in [0.15, 0.2) is 0 Å². The van der Waals surface area contributed by atoms with Crippen LogP contribution in [0.4, 0.5) is 13.2 Å². The maximum Gasteiger partial charge on any atom is 0.416 e. The standard InChI is InChI=1S/C13H7F3N2OS/c14-13(15,16)9-2-1-3-11(6-9)20(19)12-5-4-10(7-17)18-8-12/h1-6,8H. The van der Waals surface area contributed by atoms with Gasteiger partial charge in [-0.25, -0.2) is 9.19 Å². The Balaban J connectivity index is 2.36. The zero-order valence-corrected chi connectivity index (χ0v) is 10.7. The Kier molecular flexibility index (Phi) is 3.86. The number of nitrogens with zero attached hydrogens (tertiary/aromatic N) is 2. The summed E-state index contributed by atoms with van der Waals surface area (Å²) in [5, 5.41) is 8.60. The number of aromatic nitrogens is 1. The van der Waals surface area contributed by atoms with Crippen molar-refractivity contribution in [3.8, 4) is 6.07 Å². The first kappa shape index (κ1) is 14.2. The summed E-state index contributed by atoms with van der Waals surface area (Å²) in [7, 11) is -1.77. The molecule has 1 aromatic heterocycles. The van der Waals surface area contributed by atoms with Crippen LogP contribution in [-0.2, 0) is 17.0 Å². The van der Waals surface area contributed by atoms with E-state index in [9.17, 15) is 17.4 Å². The lowest BCUT2D eigenvalue weighted by molar-refractivity contribution is -0.137. The highest BCUT2D eigenvalue weighted by Crippen LogP contribution is 2.30. The van der Waals surface area contributed by atoms with Crippen LogP contribution in [0.1, 0.15) is 11.3 Å². The van der Waals surface area contributed by atoms with E-state index >= 15 is 0 Å². The molecule has 20 heavy (non-hydrogen) atoms. The molecule has 0 aliphatic carbocycles. The van der Waals surface area contributed by atoms with Crippen molar-refractivity contribution in [3.05, 3.63) is 53.9 Å². The Morgan fingerprint density at radius 3 is 2.45 bits per heavy atom. The van der Waals surface area contributed by atoms with Crippen LogP contribution in [0.25, 0.3) is 0 Å². The summed E-state index contributed by atoms with van der Waals surface area (Å²) in [4.78, 5) is 4.01. The van der Waals surface area contributed by atoms with Gasteiger partial charge in [-0.1, -0.05) is 6.07 Å². The van der Waals surface area contributed by atoms with Gasteiger partial charge in [-0.15, -0.1) is 0 Å². The fourth-order valence-corrected chi connectivity index (χ4v) is 2.53. The van der Waals surface area contributed by atoms with Gasteiger partial charge < -0.3 is 0 Å². The number of rotatable bonds is 2. The van der Waals surface area contributed by atoms with Crippen LogP contribution in [0.15, 0.2) is 52.4 Å². The first-order valence-electron chi connectivity index (χ1n) is 5.37. The second kappa shape index (κ2) is 5.43. The average molecular weight is 296 g/mol. The quantitative estimate of drug-likeness (QED) is 0.855. The van der Waals surface area contributed by atoms with Crippen molar-refractivity contribution in [1.29, 1.82) is 5.26 Å². The van der Waals surface area contributed by atoms with Gasteiger partial charge in [0.1, 0.15) is 11.8 Å². The van der Waals surface area contributed by atoms with Crippen LogP contribution < -0.4 is 0 Å². The molecule has 0 spiro atoms. The van der Waals surface area contributed by atoms with Gasteiger partial charge in [-0.2, -0.15) is 18.4 Å². The normalized spacial score (nSPS) is 12.7. The smallest absolute Gasteiger partial charge is 0.249 e. The lowest BCUT2D eigenvalue weighted by Gasteiger charge is -2.08. The van der Waals surface area contributed by atoms with Crippen molar-refractivity contribution in [2.45, 2.75) is 16.0 Å². The third-order valence-corrected chi connectivity index (χ3v) is 3.79. The number of nitriles is 1. The Morgan fingerprint density at radius 2 is 1.90 bits per heavy atom. The van der Waals surface area contributed by atoms with E-state index in [1.807, 2.05) is 0 Å². The first-order valence-corrected chi connectivity index (χ1v) is 6.52. The van der Waals surface area contributed by atoms with E-state index in [1.54, 1.807) is 6.07 Å². The van der Waals surface area contributed by atoms with Crippen LogP contribution in [0.3, 0.4) is 0 Å². The highest BCUT2D eigenvalue weighted by Gasteiger charge is 2.30. The molecule has 1 atom stereocenters. The van der Waals surface area contributed by atoms with Gasteiger partial charge >= 0.3 is 6.18 Å². The molecule has 1 heterocycles. The topological polar surface area (TPSA) is 53.8 Å². The monoisotopic (exact) mass is 296 g/mol. The molecular formula is C13H7F3N2OS. The number of pyridine rings is 1. The average Bonchev–Trinajstić information content (AvgIpc) is 2.46. The summed E-state index contributed by atoms with van der Waals surface area (Å²) in [6.45, 7) is 0. The minimum absolute atomic E-state index is 0.0336. The minimum Gasteiger partial charge on any atom is -0.249 e. The molecule has 1 unspecified atom stereocenters. The summed E-state index contributed by atoms with van der Waals surface area (Å²) in [5.41, 5.74) is -0.709. The van der Waals surface area contributed by atoms with Crippen LogP contribution in [0.2, 0.25) is 0 Å². The SMILES string of the molecule is N#Cc1ccc(S(=O)c2cccc(C(F)(F)F)c2)cn1. The second-order valence-corrected chi connectivity index (χ2v) is 5.27. The molecule has 0 saturated heterocycles. The summed E-state index contributed by atoms with van der Waals surface area (Å²) in [6, 6.07) is 8.88. The summed E-state index contributed by atoms with van der Waals surface area (Å²) in [6.07, 6.45) is -3.27. The van der Waals surface area contributed by atoms with E-state index in [0.717, 1.165) is 12.1 Å². The number of benzene rings is 1. The predicted molar refractivity (Wildman–Crippen MR) is 65.1 cm³/mol. The molecule has 0 N–H and O–H groups in total. The Hall–Kier alpha value is -2.20. The second-order valence-electron chi connectivity index (χ2n) is 3.79. The van der Waals surface area contributed by atoms with E-state index in [-0.39, 0.29) is 15.5 Å². The van der Waals surface area contributed by atoms with Crippen molar-refractivity contribution in [3.63, 3.8) is 0 Å². The van der Waals surface area contributed by atoms with Crippen LogP contribution in [-0.4, -0.2) is 9.19 Å². The van der Waals surface area contributed by atoms with Crippen LogP contribution >= 0.6 is 0 Å². The van der Waals surface area contributed by atoms with Gasteiger partial charge in [-0.3, -0.25) is 0 Å². The molecule has 102 valence electrons. The summed E-state index contributed by atoms with van der Waals surface area (Å²) >= 11 is 0. The third-order valence-electron chi connectivity index (χ3n) is 2.44. The first-order chi connectivity index (χ1) is 9.41. The molecule has 7 heteroatoms. The van der Waals surface area contributed by atoms with Gasteiger partial charge in [0, 0.05) is 11.1 Å². The number of hydrogen-bond acceptors (Lipinski definition) is 3. The largest absolute Gasteiger partial charge is 0.416 e. The molecule has 0 amide bonds. The Morgan fingerprint density at radius 1 is 1.15 bits per heavy atom. The number of alkyl halides is 3. The van der Waals surface area contributed by atoms with Gasteiger partial charge in [0.25, 0.3) is 0 Å². The molecule has 0 radical (unpaired) electrons. The molecule has 3 nitrogen and oxygen atoms in total. The van der Waals surface area contributed by atoms with E-state index in [1.165, 1.54) is 30.5 Å². The van der Waals surface area contributed by atoms with E-state index in [0.29, 0.717) is 0 Å². The molecule has 2 aromatic rings. The van der Waals surface area contributed by atoms with Crippen molar-refractivity contribution in [2.75, 3.05) is 0 Å². The maximum absolute atomic E-state index is 12.6. The third kappa shape index (κ3) is 3.03. The molecule has 0 saturated carbocycles. The van der Waals surface area contributed by atoms with E-state index in [2.05, 4.69) is 4.98 Å². The fraction of sp³-hybridized carbons (Fsp3) is 0.0769. The highest BCUT2D eigenvalue weighted by atomic mass is 32.2. The molecule has 0 aliphatic rings. The predicted octanol–water partition coefficient (Wildman–Crippen LogP) is 3.14. The summed E-state index contributed by atoms with van der Waals surface area (Å²) in [5.74, 6) is 0. The molecular weight excluding hydrogens is 289 g/mol. The van der Waals surface area contributed by atoms with E-state index < -0.39 is 22.5 Å². The van der Waals surface area contributed by atoms with E-state index in [4.69, 9.17) is 5.26 Å². The van der Waals surface area contributed by atoms with Crippen molar-refractivity contribution < 1.29 is 17.4 Å². The lowest BCUT2D eigenvalue weighted by Crippen LogP contribution is -2.05. The van der Waals surface area contributed by atoms with Gasteiger partial charge in [-0.05, 0) is 30.3 Å². The van der Waals surface area contributed by atoms with Gasteiger partial charge in [0.2, 0.25) is 0 Å². The maximum atomic E-state index is 12.6. The number of hydrogen-bond donors (Lipinski definition) is 0. The molecule has 1 aromatic carbocycles. The van der Waals surface area contributed by atoms with Crippen molar-refractivity contribution >= 4 is 10.8 Å². The Bertz CT molecular complexity index is 690. The Labute approximate surface area is 115 Å². The molecule has 0 fully saturated rings. The van der Waals surface area contributed by atoms with Crippen LogP contribution in [0, 0.1) is 11.3 Å². The zero-order valence-electron chi connectivity index (χ0n) is 9.89. The summed E-state index contributed by atoms with van der Waals surface area (Å²) < 4.78 is 49.9. The van der Waals surface area contributed by atoms with Crippen LogP contribution in [0.5, 0.6) is 0 Å².